The SMILES string of the molecule is N#Cc1ccc(N2CCN(c3nc(C4CC4)nc4ccc(Br)cc34)CC2)c(Cl)c1. The van der Waals surface area contributed by atoms with Gasteiger partial charge in [-0.15, -0.1) is 0 Å². The van der Waals surface area contributed by atoms with E-state index in [1.54, 1.807) is 6.07 Å². The second-order valence-electron chi connectivity index (χ2n) is 7.59. The van der Waals surface area contributed by atoms with Crippen LogP contribution < -0.4 is 9.80 Å². The van der Waals surface area contributed by atoms with Crippen LogP contribution in [0.2, 0.25) is 5.02 Å². The second-order valence-corrected chi connectivity index (χ2v) is 8.92. The van der Waals surface area contributed by atoms with Gasteiger partial charge in [0.25, 0.3) is 0 Å². The van der Waals surface area contributed by atoms with Crippen molar-refractivity contribution in [2.75, 3.05) is 36.0 Å². The molecule has 146 valence electrons. The van der Waals surface area contributed by atoms with Gasteiger partial charge in [0.2, 0.25) is 0 Å². The van der Waals surface area contributed by atoms with Crippen molar-refractivity contribution >= 4 is 49.9 Å². The van der Waals surface area contributed by atoms with Gasteiger partial charge >= 0.3 is 0 Å². The molecule has 0 amide bonds. The highest BCUT2D eigenvalue weighted by Gasteiger charge is 2.29. The summed E-state index contributed by atoms with van der Waals surface area (Å²) in [5, 5.41) is 10.8. The lowest BCUT2D eigenvalue weighted by Gasteiger charge is -2.37. The van der Waals surface area contributed by atoms with Crippen molar-refractivity contribution in [1.29, 1.82) is 5.26 Å². The standard InChI is InChI=1S/C22H19BrClN5/c23-16-4-5-19-17(12-16)22(27-21(26-19)15-2-3-15)29-9-7-28(8-10-29)20-6-1-14(13-25)11-18(20)24/h1,4-6,11-12,15H,2-3,7-10H2. The van der Waals surface area contributed by atoms with E-state index in [1.807, 2.05) is 18.2 Å². The molecule has 2 aromatic carbocycles. The average Bonchev–Trinajstić information content (AvgIpc) is 3.58. The molecule has 1 aliphatic heterocycles. The molecular formula is C22H19BrClN5. The fourth-order valence-electron chi connectivity index (χ4n) is 3.86. The van der Waals surface area contributed by atoms with Crippen LogP contribution in [0.4, 0.5) is 11.5 Å². The lowest BCUT2D eigenvalue weighted by molar-refractivity contribution is 0.647. The van der Waals surface area contributed by atoms with Gasteiger partial charge in [0, 0.05) is 42.0 Å². The summed E-state index contributed by atoms with van der Waals surface area (Å²) in [6, 6.07) is 13.9. The molecule has 0 atom stereocenters. The van der Waals surface area contributed by atoms with Crippen LogP contribution in [0.5, 0.6) is 0 Å². The number of nitriles is 1. The van der Waals surface area contributed by atoms with E-state index in [0.29, 0.717) is 16.5 Å². The molecule has 0 radical (unpaired) electrons. The monoisotopic (exact) mass is 467 g/mol. The number of fused-ring (bicyclic) bond motifs is 1. The minimum Gasteiger partial charge on any atom is -0.367 e. The maximum atomic E-state index is 9.05. The molecule has 5 nitrogen and oxygen atoms in total. The third-order valence-electron chi connectivity index (χ3n) is 5.59. The minimum atomic E-state index is 0.514. The highest BCUT2D eigenvalue weighted by Crippen LogP contribution is 2.40. The number of benzene rings is 2. The van der Waals surface area contributed by atoms with Gasteiger partial charge in [-0.2, -0.15) is 5.26 Å². The smallest absolute Gasteiger partial charge is 0.140 e. The van der Waals surface area contributed by atoms with Crippen molar-refractivity contribution in [3.05, 3.63) is 57.3 Å². The zero-order valence-corrected chi connectivity index (χ0v) is 18.1. The van der Waals surface area contributed by atoms with Crippen LogP contribution in [-0.4, -0.2) is 36.1 Å². The average molecular weight is 469 g/mol. The van der Waals surface area contributed by atoms with E-state index in [-0.39, 0.29) is 0 Å². The molecule has 5 rings (SSSR count). The molecule has 2 heterocycles. The number of piperazine rings is 1. The third-order valence-corrected chi connectivity index (χ3v) is 6.39. The molecule has 0 bridgehead atoms. The minimum absolute atomic E-state index is 0.514. The van der Waals surface area contributed by atoms with Crippen LogP contribution in [0.3, 0.4) is 0 Å². The van der Waals surface area contributed by atoms with Crippen LogP contribution in [-0.2, 0) is 0 Å². The molecule has 1 saturated carbocycles. The lowest BCUT2D eigenvalue weighted by Crippen LogP contribution is -2.47. The predicted molar refractivity (Wildman–Crippen MR) is 120 cm³/mol. The van der Waals surface area contributed by atoms with E-state index in [1.165, 1.54) is 12.8 Å². The van der Waals surface area contributed by atoms with Crippen molar-refractivity contribution in [2.45, 2.75) is 18.8 Å². The zero-order valence-electron chi connectivity index (χ0n) is 15.8. The fourth-order valence-corrected chi connectivity index (χ4v) is 4.52. The number of hydrogen-bond donors (Lipinski definition) is 0. The molecule has 2 aliphatic rings. The number of nitrogens with zero attached hydrogens (tertiary/aromatic N) is 5. The summed E-state index contributed by atoms with van der Waals surface area (Å²) in [5.74, 6) is 2.52. The topological polar surface area (TPSA) is 56.1 Å². The summed E-state index contributed by atoms with van der Waals surface area (Å²) in [6.45, 7) is 3.42. The van der Waals surface area contributed by atoms with Crippen LogP contribution in [0.1, 0.15) is 30.1 Å². The van der Waals surface area contributed by atoms with Crippen molar-refractivity contribution in [2.24, 2.45) is 0 Å². The van der Waals surface area contributed by atoms with E-state index in [4.69, 9.17) is 26.8 Å². The largest absolute Gasteiger partial charge is 0.367 e. The Morgan fingerprint density at radius 2 is 1.76 bits per heavy atom. The molecule has 29 heavy (non-hydrogen) atoms. The van der Waals surface area contributed by atoms with Crippen LogP contribution in [0, 0.1) is 11.3 Å². The summed E-state index contributed by atoms with van der Waals surface area (Å²) in [4.78, 5) is 14.4. The highest BCUT2D eigenvalue weighted by atomic mass is 79.9. The first-order valence-corrected chi connectivity index (χ1v) is 11.0. The van der Waals surface area contributed by atoms with Gasteiger partial charge in [-0.05, 0) is 49.2 Å². The number of hydrogen-bond acceptors (Lipinski definition) is 5. The molecule has 1 saturated heterocycles. The highest BCUT2D eigenvalue weighted by molar-refractivity contribution is 9.10. The van der Waals surface area contributed by atoms with Gasteiger partial charge in [0.15, 0.2) is 0 Å². The van der Waals surface area contributed by atoms with Crippen LogP contribution in [0.15, 0.2) is 40.9 Å². The first-order chi connectivity index (χ1) is 14.1. The van der Waals surface area contributed by atoms with Crippen molar-refractivity contribution < 1.29 is 0 Å². The van der Waals surface area contributed by atoms with Crippen molar-refractivity contribution in [3.8, 4) is 6.07 Å². The van der Waals surface area contributed by atoms with Crippen LogP contribution >= 0.6 is 27.5 Å². The normalized spacial score (nSPS) is 16.9. The van der Waals surface area contributed by atoms with Gasteiger partial charge in [-0.1, -0.05) is 27.5 Å². The maximum Gasteiger partial charge on any atom is 0.140 e. The Labute approximate surface area is 183 Å². The number of aromatic nitrogens is 2. The second kappa shape index (κ2) is 7.47. The molecule has 0 spiro atoms. The molecule has 2 fully saturated rings. The Bertz CT molecular complexity index is 1130. The molecular weight excluding hydrogens is 450 g/mol. The summed E-state index contributed by atoms with van der Waals surface area (Å²) in [7, 11) is 0. The summed E-state index contributed by atoms with van der Waals surface area (Å²) in [5.41, 5.74) is 2.58. The van der Waals surface area contributed by atoms with Gasteiger partial charge in [-0.25, -0.2) is 9.97 Å². The summed E-state index contributed by atoms with van der Waals surface area (Å²) >= 11 is 10.0. The van der Waals surface area contributed by atoms with E-state index in [9.17, 15) is 0 Å². The molecule has 1 aromatic heterocycles. The van der Waals surface area contributed by atoms with Gasteiger partial charge in [0.1, 0.15) is 11.6 Å². The fraction of sp³-hybridized carbons (Fsp3) is 0.318. The molecule has 7 heteroatoms. The Morgan fingerprint density at radius 3 is 2.45 bits per heavy atom. The third kappa shape index (κ3) is 3.65. The predicted octanol–water partition coefficient (Wildman–Crippen LogP) is 5.12. The zero-order chi connectivity index (χ0) is 20.0. The molecule has 0 N–H and O–H groups in total. The summed E-state index contributed by atoms with van der Waals surface area (Å²) in [6.07, 6.45) is 2.37. The Balaban J connectivity index is 1.43. The molecule has 1 aliphatic carbocycles. The van der Waals surface area contributed by atoms with Gasteiger partial charge in [-0.3, -0.25) is 0 Å². The molecule has 0 unspecified atom stereocenters. The Hall–Kier alpha value is -2.36. The quantitative estimate of drug-likeness (QED) is 0.534. The Morgan fingerprint density at radius 1 is 1.00 bits per heavy atom. The van der Waals surface area contributed by atoms with E-state index >= 15 is 0 Å². The first kappa shape index (κ1) is 18.7. The number of rotatable bonds is 3. The van der Waals surface area contributed by atoms with Crippen LogP contribution in [0.25, 0.3) is 10.9 Å². The number of anilines is 2. The summed E-state index contributed by atoms with van der Waals surface area (Å²) < 4.78 is 1.04. The number of halogens is 2. The maximum absolute atomic E-state index is 9.05. The van der Waals surface area contributed by atoms with E-state index in [2.05, 4.69) is 43.9 Å². The first-order valence-electron chi connectivity index (χ1n) is 9.79. The van der Waals surface area contributed by atoms with E-state index in [0.717, 1.165) is 58.9 Å². The van der Waals surface area contributed by atoms with Crippen molar-refractivity contribution in [3.63, 3.8) is 0 Å². The Kier molecular flexibility index (Phi) is 4.81. The van der Waals surface area contributed by atoms with Gasteiger partial charge < -0.3 is 9.80 Å². The van der Waals surface area contributed by atoms with Crippen molar-refractivity contribution in [1.82, 2.24) is 9.97 Å². The lowest BCUT2D eigenvalue weighted by atomic mass is 10.1. The molecule has 3 aromatic rings. The van der Waals surface area contributed by atoms with E-state index < -0.39 is 0 Å². The van der Waals surface area contributed by atoms with Gasteiger partial charge in [0.05, 0.1) is 27.9 Å².